The second kappa shape index (κ2) is 11.1. The smallest absolute Gasteiger partial charge is 0.254 e. The van der Waals surface area contributed by atoms with E-state index in [2.05, 4.69) is 16.1 Å². The van der Waals surface area contributed by atoms with Crippen LogP contribution in [0.2, 0.25) is 0 Å². The third kappa shape index (κ3) is 5.34. The molecule has 4 rings (SSSR count). The van der Waals surface area contributed by atoms with Crippen LogP contribution in [0.1, 0.15) is 22.3 Å². The van der Waals surface area contributed by atoms with Crippen molar-refractivity contribution >= 4 is 17.5 Å². The Balaban J connectivity index is 1.52. The Morgan fingerprint density at radius 2 is 1.83 bits per heavy atom. The number of hydrogen-bond acceptors (Lipinski definition) is 7. The highest BCUT2D eigenvalue weighted by molar-refractivity contribution is 6.05. The zero-order chi connectivity index (χ0) is 24.8. The Bertz CT molecular complexity index is 1130. The molecule has 2 heterocycles. The van der Waals surface area contributed by atoms with Gasteiger partial charge in [0, 0.05) is 44.7 Å². The Labute approximate surface area is 204 Å². The highest BCUT2D eigenvalue weighted by atomic mass is 16.6. The molecule has 2 aliphatic rings. The lowest BCUT2D eigenvalue weighted by molar-refractivity contribution is -0.137. The number of hydrogen-bond donors (Lipinski definition) is 1. The first-order valence-electron chi connectivity index (χ1n) is 11.7. The van der Waals surface area contributed by atoms with E-state index >= 15 is 0 Å². The molecule has 0 spiro atoms. The standard InChI is InChI=1S/C26H29N5O4/c1-35-28-22-16-24(26(34)30-12-10-29(11-13-30)14-15-32)31(18-22)25(33)20-8-6-19(7-9-20)23-5-3-2-4-21(23)17-27/h2-9,24,32H,10-16,18H2,1H3/t24-/m0/s1. The van der Waals surface area contributed by atoms with Crippen LogP contribution in [0.25, 0.3) is 11.1 Å². The molecule has 0 bridgehead atoms. The van der Waals surface area contributed by atoms with Gasteiger partial charge in [0.1, 0.15) is 13.2 Å². The van der Waals surface area contributed by atoms with Gasteiger partial charge in [-0.05, 0) is 29.3 Å². The van der Waals surface area contributed by atoms with Gasteiger partial charge >= 0.3 is 0 Å². The molecule has 0 saturated carbocycles. The van der Waals surface area contributed by atoms with Crippen molar-refractivity contribution in [3.8, 4) is 17.2 Å². The summed E-state index contributed by atoms with van der Waals surface area (Å²) in [6.45, 7) is 3.41. The molecule has 2 aliphatic heterocycles. The summed E-state index contributed by atoms with van der Waals surface area (Å²) in [6.07, 6.45) is 0.336. The lowest BCUT2D eigenvalue weighted by Gasteiger charge is -2.37. The molecule has 9 nitrogen and oxygen atoms in total. The van der Waals surface area contributed by atoms with Gasteiger partial charge in [0.05, 0.1) is 30.5 Å². The summed E-state index contributed by atoms with van der Waals surface area (Å²) in [5, 5.41) is 22.6. The number of oxime groups is 1. The van der Waals surface area contributed by atoms with Crippen molar-refractivity contribution in [1.29, 1.82) is 5.26 Å². The normalized spacial score (nSPS) is 19.6. The minimum absolute atomic E-state index is 0.0938. The van der Waals surface area contributed by atoms with E-state index in [4.69, 9.17) is 9.94 Å². The van der Waals surface area contributed by atoms with Crippen molar-refractivity contribution in [2.45, 2.75) is 12.5 Å². The van der Waals surface area contributed by atoms with Crippen LogP contribution in [0.15, 0.2) is 53.7 Å². The van der Waals surface area contributed by atoms with Crippen LogP contribution in [0, 0.1) is 11.3 Å². The minimum Gasteiger partial charge on any atom is -0.399 e. The van der Waals surface area contributed by atoms with Gasteiger partial charge < -0.3 is 19.7 Å². The summed E-state index contributed by atoms with van der Waals surface area (Å²) in [5.41, 5.74) is 3.33. The first-order chi connectivity index (χ1) is 17.0. The number of carbonyl (C=O) groups excluding carboxylic acids is 2. The third-order valence-electron chi connectivity index (χ3n) is 6.51. The fourth-order valence-electron chi connectivity index (χ4n) is 4.67. The third-order valence-corrected chi connectivity index (χ3v) is 6.51. The molecule has 2 saturated heterocycles. The Morgan fingerprint density at radius 1 is 1.11 bits per heavy atom. The van der Waals surface area contributed by atoms with Gasteiger partial charge in [0.25, 0.3) is 5.91 Å². The zero-order valence-corrected chi connectivity index (χ0v) is 19.8. The largest absolute Gasteiger partial charge is 0.399 e. The summed E-state index contributed by atoms with van der Waals surface area (Å²) in [5.74, 6) is -0.341. The van der Waals surface area contributed by atoms with Crippen molar-refractivity contribution in [3.05, 3.63) is 59.7 Å². The lowest BCUT2D eigenvalue weighted by Crippen LogP contribution is -2.54. The Hall–Kier alpha value is -3.74. The molecule has 0 aromatic heterocycles. The molecule has 2 fully saturated rings. The number of rotatable bonds is 6. The second-order valence-electron chi connectivity index (χ2n) is 8.62. The van der Waals surface area contributed by atoms with Gasteiger partial charge in [-0.3, -0.25) is 14.5 Å². The molecule has 182 valence electrons. The van der Waals surface area contributed by atoms with Gasteiger partial charge in [0.15, 0.2) is 0 Å². The van der Waals surface area contributed by atoms with E-state index in [-0.39, 0.29) is 25.0 Å². The second-order valence-corrected chi connectivity index (χ2v) is 8.62. The maximum absolute atomic E-state index is 13.5. The van der Waals surface area contributed by atoms with E-state index in [9.17, 15) is 14.9 Å². The molecule has 1 atom stereocenters. The quantitative estimate of drug-likeness (QED) is 0.636. The van der Waals surface area contributed by atoms with E-state index in [1.165, 1.54) is 7.11 Å². The maximum Gasteiger partial charge on any atom is 0.254 e. The summed E-state index contributed by atoms with van der Waals surface area (Å²) in [6, 6.07) is 16.0. The number of piperazine rings is 1. The van der Waals surface area contributed by atoms with Gasteiger partial charge in [-0.25, -0.2) is 0 Å². The highest BCUT2D eigenvalue weighted by Crippen LogP contribution is 2.26. The van der Waals surface area contributed by atoms with E-state index in [0.29, 0.717) is 56.0 Å². The molecule has 0 radical (unpaired) electrons. The number of nitrogens with zero attached hydrogens (tertiary/aromatic N) is 5. The fourth-order valence-corrected chi connectivity index (χ4v) is 4.67. The average Bonchev–Trinajstić information content (AvgIpc) is 3.32. The minimum atomic E-state index is -0.639. The molecular formula is C26H29N5O4. The number of carbonyl (C=O) groups is 2. The molecule has 9 heteroatoms. The number of aliphatic hydroxyl groups is 1. The van der Waals surface area contributed by atoms with Gasteiger partial charge in [-0.1, -0.05) is 35.5 Å². The molecule has 2 aromatic carbocycles. The van der Waals surface area contributed by atoms with Crippen LogP contribution < -0.4 is 0 Å². The van der Waals surface area contributed by atoms with Crippen molar-refractivity contribution < 1.29 is 19.5 Å². The number of amides is 2. The van der Waals surface area contributed by atoms with E-state index in [1.807, 2.05) is 30.3 Å². The van der Waals surface area contributed by atoms with E-state index in [0.717, 1.165) is 11.1 Å². The molecule has 2 amide bonds. The van der Waals surface area contributed by atoms with Crippen molar-refractivity contribution in [1.82, 2.24) is 14.7 Å². The highest BCUT2D eigenvalue weighted by Gasteiger charge is 2.41. The molecule has 35 heavy (non-hydrogen) atoms. The maximum atomic E-state index is 13.5. The van der Waals surface area contributed by atoms with Crippen LogP contribution in [0.3, 0.4) is 0 Å². The number of aliphatic hydroxyl groups excluding tert-OH is 1. The van der Waals surface area contributed by atoms with Gasteiger partial charge in [0.2, 0.25) is 5.91 Å². The Kier molecular flexibility index (Phi) is 7.75. The van der Waals surface area contributed by atoms with Crippen LogP contribution >= 0.6 is 0 Å². The molecule has 2 aromatic rings. The summed E-state index contributed by atoms with van der Waals surface area (Å²) < 4.78 is 0. The lowest BCUT2D eigenvalue weighted by atomic mass is 9.99. The zero-order valence-electron chi connectivity index (χ0n) is 19.8. The van der Waals surface area contributed by atoms with Gasteiger partial charge in [-0.2, -0.15) is 5.26 Å². The summed E-state index contributed by atoms with van der Waals surface area (Å²) in [4.78, 5) is 37.3. The van der Waals surface area contributed by atoms with Crippen molar-refractivity contribution in [2.75, 3.05) is 53.0 Å². The first kappa shape index (κ1) is 24.4. The van der Waals surface area contributed by atoms with Crippen LogP contribution in [0.5, 0.6) is 0 Å². The van der Waals surface area contributed by atoms with Crippen LogP contribution in [0.4, 0.5) is 0 Å². The van der Waals surface area contributed by atoms with E-state index < -0.39 is 6.04 Å². The predicted octanol–water partition coefficient (Wildman–Crippen LogP) is 1.58. The monoisotopic (exact) mass is 475 g/mol. The SMILES string of the molecule is CON=C1C[C@@H](C(=O)N2CCN(CCO)CC2)N(C(=O)c2ccc(-c3ccccc3C#N)cc2)C1. The number of nitriles is 1. The number of likely N-dealkylation sites (tertiary alicyclic amines) is 1. The molecule has 0 unspecified atom stereocenters. The first-order valence-corrected chi connectivity index (χ1v) is 11.7. The van der Waals surface area contributed by atoms with Crippen molar-refractivity contribution in [3.63, 3.8) is 0 Å². The van der Waals surface area contributed by atoms with Crippen molar-refractivity contribution in [2.24, 2.45) is 5.16 Å². The molecule has 1 N–H and O–H groups in total. The number of β-amino-alcohol motifs (C(OH)–C–C–N with tert-alkyl or cyclic N) is 1. The Morgan fingerprint density at radius 3 is 2.49 bits per heavy atom. The van der Waals surface area contributed by atoms with Crippen LogP contribution in [-0.2, 0) is 9.63 Å². The van der Waals surface area contributed by atoms with Gasteiger partial charge in [-0.15, -0.1) is 0 Å². The molecule has 0 aliphatic carbocycles. The predicted molar refractivity (Wildman–Crippen MR) is 131 cm³/mol. The summed E-state index contributed by atoms with van der Waals surface area (Å²) >= 11 is 0. The number of benzene rings is 2. The van der Waals surface area contributed by atoms with E-state index in [1.54, 1.807) is 28.0 Å². The topological polar surface area (TPSA) is 109 Å². The summed E-state index contributed by atoms with van der Waals surface area (Å²) in [7, 11) is 1.45. The van der Waals surface area contributed by atoms with Crippen LogP contribution in [-0.4, -0.2) is 96.4 Å². The average molecular weight is 476 g/mol. The fraction of sp³-hybridized carbons (Fsp3) is 0.385. The molecular weight excluding hydrogens is 446 g/mol.